The molecule has 1 heterocycles. The standard InChI is InChI=1S/C15H22ClN3O/c1-10-4-3-5-11(2)19(10)18-9-13-7-6-12(15(17)20)8-14(13)16/h6-8,10-11,18H,3-5,9H2,1-2H3,(H2,17,20). The predicted octanol–water partition coefficient (Wildman–Crippen LogP) is 2.71. The van der Waals surface area contributed by atoms with Gasteiger partial charge in [0.15, 0.2) is 0 Å². The number of hydrogen-bond donors (Lipinski definition) is 2. The number of carbonyl (C=O) groups is 1. The average molecular weight is 296 g/mol. The first-order valence-corrected chi connectivity index (χ1v) is 7.47. The Morgan fingerprint density at radius 3 is 2.60 bits per heavy atom. The Hall–Kier alpha value is -1.10. The highest BCUT2D eigenvalue weighted by atomic mass is 35.5. The molecule has 0 spiro atoms. The van der Waals surface area contributed by atoms with Gasteiger partial charge in [-0.1, -0.05) is 24.1 Å². The zero-order valence-electron chi connectivity index (χ0n) is 12.0. The number of carbonyl (C=O) groups excluding carboxylic acids is 1. The van der Waals surface area contributed by atoms with Crippen LogP contribution < -0.4 is 11.2 Å². The van der Waals surface area contributed by atoms with Gasteiger partial charge in [0, 0.05) is 29.2 Å². The van der Waals surface area contributed by atoms with Crippen molar-refractivity contribution in [1.29, 1.82) is 0 Å². The van der Waals surface area contributed by atoms with Gasteiger partial charge >= 0.3 is 0 Å². The Morgan fingerprint density at radius 2 is 2.05 bits per heavy atom. The average Bonchev–Trinajstić information content (AvgIpc) is 2.39. The van der Waals surface area contributed by atoms with Gasteiger partial charge in [0.25, 0.3) is 0 Å². The summed E-state index contributed by atoms with van der Waals surface area (Å²) in [5.74, 6) is -0.454. The normalized spacial score (nSPS) is 23.8. The summed E-state index contributed by atoms with van der Waals surface area (Å²) in [7, 11) is 0. The maximum absolute atomic E-state index is 11.1. The van der Waals surface area contributed by atoms with E-state index in [-0.39, 0.29) is 0 Å². The molecule has 1 amide bonds. The summed E-state index contributed by atoms with van der Waals surface area (Å²) in [4.78, 5) is 11.1. The number of nitrogens with one attached hydrogen (secondary N) is 1. The highest BCUT2D eigenvalue weighted by Gasteiger charge is 2.24. The Morgan fingerprint density at radius 1 is 1.40 bits per heavy atom. The quantitative estimate of drug-likeness (QED) is 0.898. The summed E-state index contributed by atoms with van der Waals surface area (Å²) in [6.45, 7) is 5.13. The van der Waals surface area contributed by atoms with Crippen molar-refractivity contribution < 1.29 is 4.79 Å². The van der Waals surface area contributed by atoms with E-state index < -0.39 is 5.91 Å². The molecule has 1 fully saturated rings. The summed E-state index contributed by atoms with van der Waals surface area (Å²) in [6, 6.07) is 6.26. The molecule has 110 valence electrons. The molecule has 3 N–H and O–H groups in total. The van der Waals surface area contributed by atoms with Crippen LogP contribution in [0.15, 0.2) is 18.2 Å². The first-order chi connectivity index (χ1) is 9.49. The fourth-order valence-electron chi connectivity index (χ4n) is 2.75. The molecule has 1 saturated heterocycles. The summed E-state index contributed by atoms with van der Waals surface area (Å²) in [6.07, 6.45) is 3.71. The smallest absolute Gasteiger partial charge is 0.248 e. The monoisotopic (exact) mass is 295 g/mol. The van der Waals surface area contributed by atoms with Crippen molar-refractivity contribution in [2.24, 2.45) is 5.73 Å². The summed E-state index contributed by atoms with van der Waals surface area (Å²) in [5.41, 5.74) is 10.1. The van der Waals surface area contributed by atoms with E-state index in [9.17, 15) is 4.79 Å². The largest absolute Gasteiger partial charge is 0.366 e. The lowest BCUT2D eigenvalue weighted by molar-refractivity contribution is 0.0436. The molecule has 5 heteroatoms. The molecular weight excluding hydrogens is 274 g/mol. The number of piperidine rings is 1. The van der Waals surface area contributed by atoms with E-state index in [0.717, 1.165) is 5.56 Å². The van der Waals surface area contributed by atoms with Crippen LogP contribution in [0.2, 0.25) is 5.02 Å². The number of nitrogens with zero attached hydrogens (tertiary/aromatic N) is 1. The van der Waals surface area contributed by atoms with Crippen LogP contribution in [0.1, 0.15) is 49.0 Å². The van der Waals surface area contributed by atoms with Crippen molar-refractivity contribution in [3.8, 4) is 0 Å². The van der Waals surface area contributed by atoms with E-state index in [1.165, 1.54) is 19.3 Å². The van der Waals surface area contributed by atoms with Crippen LogP contribution in [-0.2, 0) is 6.54 Å². The highest BCUT2D eigenvalue weighted by Crippen LogP contribution is 2.22. The van der Waals surface area contributed by atoms with Crippen molar-refractivity contribution in [2.75, 3.05) is 0 Å². The van der Waals surface area contributed by atoms with Gasteiger partial charge in [0.1, 0.15) is 0 Å². The van der Waals surface area contributed by atoms with Gasteiger partial charge in [-0.15, -0.1) is 0 Å². The molecule has 1 aliphatic rings. The van der Waals surface area contributed by atoms with Gasteiger partial charge < -0.3 is 5.73 Å². The third kappa shape index (κ3) is 3.51. The number of rotatable bonds is 4. The van der Waals surface area contributed by atoms with Gasteiger partial charge in [-0.25, -0.2) is 5.01 Å². The fourth-order valence-corrected chi connectivity index (χ4v) is 3.00. The summed E-state index contributed by atoms with van der Waals surface area (Å²) >= 11 is 6.20. The molecule has 0 saturated carbocycles. The highest BCUT2D eigenvalue weighted by molar-refractivity contribution is 6.31. The fraction of sp³-hybridized carbons (Fsp3) is 0.533. The Kier molecular flexibility index (Phi) is 5.02. The van der Waals surface area contributed by atoms with E-state index in [1.54, 1.807) is 12.1 Å². The van der Waals surface area contributed by atoms with E-state index in [2.05, 4.69) is 24.3 Å². The molecule has 2 rings (SSSR count). The van der Waals surface area contributed by atoms with Gasteiger partial charge in [0.2, 0.25) is 5.91 Å². The zero-order chi connectivity index (χ0) is 14.7. The SMILES string of the molecule is CC1CCCC(C)N1NCc1ccc(C(N)=O)cc1Cl. The van der Waals surface area contributed by atoms with Crippen LogP contribution in [-0.4, -0.2) is 23.0 Å². The van der Waals surface area contributed by atoms with Crippen LogP contribution in [0.25, 0.3) is 0 Å². The van der Waals surface area contributed by atoms with Crippen molar-refractivity contribution in [3.63, 3.8) is 0 Å². The number of amides is 1. The Bertz CT molecular complexity index is 482. The Labute approximate surface area is 125 Å². The number of primary amides is 1. The molecule has 0 bridgehead atoms. The third-order valence-corrected chi connectivity index (χ3v) is 4.34. The van der Waals surface area contributed by atoms with Crippen molar-refractivity contribution in [1.82, 2.24) is 10.4 Å². The molecule has 1 aliphatic heterocycles. The predicted molar refractivity (Wildman–Crippen MR) is 81.4 cm³/mol. The van der Waals surface area contributed by atoms with Gasteiger partial charge in [0.05, 0.1) is 0 Å². The minimum absolute atomic E-state index is 0.443. The van der Waals surface area contributed by atoms with Crippen LogP contribution in [0.4, 0.5) is 0 Å². The van der Waals surface area contributed by atoms with E-state index >= 15 is 0 Å². The minimum atomic E-state index is -0.454. The molecule has 1 aromatic rings. The molecule has 2 unspecified atom stereocenters. The van der Waals surface area contributed by atoms with Crippen LogP contribution in [0.3, 0.4) is 0 Å². The number of halogens is 1. The first kappa shape index (κ1) is 15.3. The molecule has 4 nitrogen and oxygen atoms in total. The maximum atomic E-state index is 11.1. The molecule has 0 aromatic heterocycles. The number of hydrogen-bond acceptors (Lipinski definition) is 3. The topological polar surface area (TPSA) is 58.4 Å². The number of nitrogens with two attached hydrogens (primary N) is 1. The molecule has 0 aliphatic carbocycles. The van der Waals surface area contributed by atoms with Crippen molar-refractivity contribution in [2.45, 2.75) is 51.7 Å². The lowest BCUT2D eigenvalue weighted by Gasteiger charge is -2.39. The van der Waals surface area contributed by atoms with E-state index in [1.807, 2.05) is 6.07 Å². The number of benzene rings is 1. The molecule has 2 atom stereocenters. The number of hydrazine groups is 1. The van der Waals surface area contributed by atoms with Crippen LogP contribution in [0, 0.1) is 0 Å². The summed E-state index contributed by atoms with van der Waals surface area (Å²) in [5, 5.41) is 2.88. The zero-order valence-corrected chi connectivity index (χ0v) is 12.8. The second-order valence-corrected chi connectivity index (χ2v) is 5.95. The van der Waals surface area contributed by atoms with Crippen molar-refractivity contribution in [3.05, 3.63) is 34.3 Å². The maximum Gasteiger partial charge on any atom is 0.248 e. The van der Waals surface area contributed by atoms with Crippen molar-refractivity contribution >= 4 is 17.5 Å². The molecular formula is C15H22ClN3O. The second-order valence-electron chi connectivity index (χ2n) is 5.54. The lowest BCUT2D eigenvalue weighted by atomic mass is 10.00. The third-order valence-electron chi connectivity index (χ3n) is 3.98. The lowest BCUT2D eigenvalue weighted by Crippen LogP contribution is -2.51. The van der Waals surface area contributed by atoms with Gasteiger partial charge in [-0.2, -0.15) is 0 Å². The Balaban J connectivity index is 2.01. The summed E-state index contributed by atoms with van der Waals surface area (Å²) < 4.78 is 0. The second kappa shape index (κ2) is 6.57. The first-order valence-electron chi connectivity index (χ1n) is 7.09. The minimum Gasteiger partial charge on any atom is -0.366 e. The van der Waals surface area contributed by atoms with E-state index in [0.29, 0.717) is 29.2 Å². The molecule has 0 radical (unpaired) electrons. The van der Waals surface area contributed by atoms with Gasteiger partial charge in [-0.3, -0.25) is 10.2 Å². The van der Waals surface area contributed by atoms with Crippen LogP contribution >= 0.6 is 11.6 Å². The van der Waals surface area contributed by atoms with E-state index in [4.69, 9.17) is 17.3 Å². The van der Waals surface area contributed by atoms with Gasteiger partial charge in [-0.05, 0) is 44.4 Å². The molecule has 1 aromatic carbocycles. The molecule has 20 heavy (non-hydrogen) atoms. The van der Waals surface area contributed by atoms with Crippen LogP contribution in [0.5, 0.6) is 0 Å².